The number of hydrogen-bond acceptors (Lipinski definition) is 3. The number of aromatic nitrogens is 2. The van der Waals surface area contributed by atoms with Crippen molar-refractivity contribution in [3.8, 4) is 0 Å². The van der Waals surface area contributed by atoms with Gasteiger partial charge in [-0.3, -0.25) is 0 Å². The molecule has 120 valence electrons. The van der Waals surface area contributed by atoms with Gasteiger partial charge in [-0.15, -0.1) is 0 Å². The molecule has 1 N–H and O–H groups in total. The Morgan fingerprint density at radius 1 is 1.13 bits per heavy atom. The van der Waals surface area contributed by atoms with Gasteiger partial charge in [-0.05, 0) is 61.3 Å². The Labute approximate surface area is 139 Å². The van der Waals surface area contributed by atoms with E-state index < -0.39 is 11.7 Å². The maximum Gasteiger partial charge on any atom is 0.416 e. The highest BCUT2D eigenvalue weighted by atomic mass is 35.5. The Morgan fingerprint density at radius 2 is 1.83 bits per heavy atom. The molecule has 0 atom stereocenters. The van der Waals surface area contributed by atoms with Crippen molar-refractivity contribution in [3.05, 3.63) is 58.7 Å². The molecule has 0 fully saturated rings. The van der Waals surface area contributed by atoms with Crippen molar-refractivity contribution < 1.29 is 13.2 Å². The number of nitrogens with zero attached hydrogens (tertiary/aromatic N) is 2. The Bertz CT molecular complexity index is 844. The summed E-state index contributed by atoms with van der Waals surface area (Å²) in [6.45, 7) is 1.86. The maximum absolute atomic E-state index is 12.5. The Morgan fingerprint density at radius 3 is 2.48 bits per heavy atom. The van der Waals surface area contributed by atoms with Gasteiger partial charge in [-0.2, -0.15) is 18.3 Å². The number of fused-ring (bicyclic) bond motifs is 1. The van der Waals surface area contributed by atoms with Gasteiger partial charge in [0.25, 0.3) is 0 Å². The molecular weight excluding hydrogens is 347 g/mol. The third-order valence-electron chi connectivity index (χ3n) is 3.15. The lowest BCUT2D eigenvalue weighted by molar-refractivity contribution is -0.137. The Kier molecular flexibility index (Phi) is 4.16. The summed E-state index contributed by atoms with van der Waals surface area (Å²) in [5, 5.41) is 4.92. The SMILES string of the molecule is Cc1cc2c(Cl)ccc(NSc3ccc(C(F)(F)F)cc3)n2n1. The lowest BCUT2D eigenvalue weighted by Gasteiger charge is -2.10. The smallest absolute Gasteiger partial charge is 0.310 e. The van der Waals surface area contributed by atoms with Gasteiger partial charge in [0.15, 0.2) is 0 Å². The number of pyridine rings is 1. The summed E-state index contributed by atoms with van der Waals surface area (Å²) < 4.78 is 42.4. The largest absolute Gasteiger partial charge is 0.416 e. The second-order valence-electron chi connectivity index (χ2n) is 4.88. The van der Waals surface area contributed by atoms with Crippen molar-refractivity contribution in [1.82, 2.24) is 9.61 Å². The van der Waals surface area contributed by atoms with E-state index in [4.69, 9.17) is 11.6 Å². The quantitative estimate of drug-likeness (QED) is 0.633. The number of rotatable bonds is 3. The molecule has 0 radical (unpaired) electrons. The minimum atomic E-state index is -4.33. The van der Waals surface area contributed by atoms with E-state index in [1.807, 2.05) is 13.0 Å². The van der Waals surface area contributed by atoms with Crippen molar-refractivity contribution in [2.45, 2.75) is 18.0 Å². The highest BCUT2D eigenvalue weighted by Crippen LogP contribution is 2.31. The predicted octanol–water partition coefficient (Wildman–Crippen LogP) is 5.43. The number of aryl methyl sites for hydroxylation is 1. The molecule has 0 amide bonds. The Hall–Kier alpha value is -1.86. The summed E-state index contributed by atoms with van der Waals surface area (Å²) in [5.41, 5.74) is 0.918. The van der Waals surface area contributed by atoms with E-state index in [2.05, 4.69) is 9.82 Å². The van der Waals surface area contributed by atoms with Crippen molar-refractivity contribution >= 4 is 34.9 Å². The van der Waals surface area contributed by atoms with Crippen molar-refractivity contribution in [3.63, 3.8) is 0 Å². The van der Waals surface area contributed by atoms with Gasteiger partial charge >= 0.3 is 6.18 Å². The van der Waals surface area contributed by atoms with E-state index in [9.17, 15) is 13.2 Å². The maximum atomic E-state index is 12.5. The number of nitrogens with one attached hydrogen (secondary N) is 1. The van der Waals surface area contributed by atoms with Gasteiger partial charge in [-0.1, -0.05) is 11.6 Å². The summed E-state index contributed by atoms with van der Waals surface area (Å²) in [4.78, 5) is 0.657. The number of anilines is 1. The zero-order valence-electron chi connectivity index (χ0n) is 11.9. The summed E-state index contributed by atoms with van der Waals surface area (Å²) in [6.07, 6.45) is -4.33. The normalized spacial score (nSPS) is 11.9. The van der Waals surface area contributed by atoms with Crippen LogP contribution in [-0.4, -0.2) is 9.61 Å². The van der Waals surface area contributed by atoms with Gasteiger partial charge in [0, 0.05) is 4.90 Å². The first kappa shape index (κ1) is 16.0. The van der Waals surface area contributed by atoms with Crippen LogP contribution in [-0.2, 0) is 6.18 Å². The fraction of sp³-hybridized carbons (Fsp3) is 0.133. The summed E-state index contributed by atoms with van der Waals surface area (Å²) in [7, 11) is 0. The fourth-order valence-electron chi connectivity index (χ4n) is 2.06. The molecule has 23 heavy (non-hydrogen) atoms. The van der Waals surface area contributed by atoms with Crippen LogP contribution in [0.25, 0.3) is 5.52 Å². The molecule has 8 heteroatoms. The molecule has 2 aromatic heterocycles. The molecule has 3 aromatic rings. The van der Waals surface area contributed by atoms with Crippen molar-refractivity contribution in [2.75, 3.05) is 4.72 Å². The van der Waals surface area contributed by atoms with Gasteiger partial charge in [0.1, 0.15) is 5.82 Å². The van der Waals surface area contributed by atoms with E-state index >= 15 is 0 Å². The lowest BCUT2D eigenvalue weighted by Crippen LogP contribution is -2.04. The van der Waals surface area contributed by atoms with Crippen LogP contribution in [0, 0.1) is 6.92 Å². The van der Waals surface area contributed by atoms with Crippen LogP contribution in [0.15, 0.2) is 47.4 Å². The second kappa shape index (κ2) is 5.98. The van der Waals surface area contributed by atoms with Gasteiger partial charge in [0.2, 0.25) is 0 Å². The Balaban J connectivity index is 1.80. The zero-order valence-corrected chi connectivity index (χ0v) is 13.4. The van der Waals surface area contributed by atoms with E-state index in [1.165, 1.54) is 24.1 Å². The van der Waals surface area contributed by atoms with Gasteiger partial charge in [0.05, 0.1) is 21.8 Å². The molecule has 0 saturated carbocycles. The number of alkyl halides is 3. The number of hydrogen-bond donors (Lipinski definition) is 1. The van der Waals surface area contributed by atoms with Crippen molar-refractivity contribution in [2.24, 2.45) is 0 Å². The average molecular weight is 358 g/mol. The average Bonchev–Trinajstić information content (AvgIpc) is 2.89. The standard InChI is InChI=1S/C15H11ClF3N3S/c1-9-8-13-12(16)6-7-14(22(13)20-9)21-23-11-4-2-10(3-5-11)15(17,18)19/h2-8,21H,1H3. The van der Waals surface area contributed by atoms with Crippen LogP contribution in [0.2, 0.25) is 5.02 Å². The molecule has 0 unspecified atom stereocenters. The lowest BCUT2D eigenvalue weighted by atomic mass is 10.2. The van der Waals surface area contributed by atoms with E-state index in [0.29, 0.717) is 15.7 Å². The molecular formula is C15H11ClF3N3S. The topological polar surface area (TPSA) is 29.3 Å². The molecule has 2 heterocycles. The summed E-state index contributed by atoms with van der Waals surface area (Å²) >= 11 is 7.32. The van der Waals surface area contributed by atoms with Crippen LogP contribution < -0.4 is 4.72 Å². The molecule has 0 spiro atoms. The first-order valence-corrected chi connectivity index (χ1v) is 7.79. The zero-order chi connectivity index (χ0) is 16.6. The molecule has 0 aliphatic rings. The highest BCUT2D eigenvalue weighted by molar-refractivity contribution is 8.00. The number of benzene rings is 1. The van der Waals surface area contributed by atoms with Crippen LogP contribution in [0.5, 0.6) is 0 Å². The first-order valence-electron chi connectivity index (χ1n) is 6.59. The minimum Gasteiger partial charge on any atom is -0.310 e. The van der Waals surface area contributed by atoms with Crippen LogP contribution in [0.1, 0.15) is 11.3 Å². The molecule has 3 rings (SSSR count). The van der Waals surface area contributed by atoms with Gasteiger partial charge < -0.3 is 4.72 Å². The van der Waals surface area contributed by atoms with E-state index in [1.54, 1.807) is 16.6 Å². The monoisotopic (exact) mass is 357 g/mol. The second-order valence-corrected chi connectivity index (χ2v) is 6.16. The highest BCUT2D eigenvalue weighted by Gasteiger charge is 2.29. The van der Waals surface area contributed by atoms with E-state index in [-0.39, 0.29) is 0 Å². The van der Waals surface area contributed by atoms with Crippen LogP contribution in [0.3, 0.4) is 0 Å². The molecule has 3 nitrogen and oxygen atoms in total. The third-order valence-corrected chi connectivity index (χ3v) is 4.29. The van der Waals surface area contributed by atoms with Gasteiger partial charge in [-0.25, -0.2) is 4.52 Å². The molecule has 0 saturated heterocycles. The fourth-order valence-corrected chi connectivity index (χ4v) is 2.91. The first-order chi connectivity index (χ1) is 10.8. The number of halogens is 4. The minimum absolute atomic E-state index is 0.579. The van der Waals surface area contributed by atoms with E-state index in [0.717, 1.165) is 23.3 Å². The predicted molar refractivity (Wildman–Crippen MR) is 85.9 cm³/mol. The van der Waals surface area contributed by atoms with Crippen LogP contribution >= 0.6 is 23.5 Å². The van der Waals surface area contributed by atoms with Crippen molar-refractivity contribution in [1.29, 1.82) is 0 Å². The molecule has 0 aliphatic carbocycles. The third kappa shape index (κ3) is 3.40. The molecule has 0 aliphatic heterocycles. The summed E-state index contributed by atoms with van der Waals surface area (Å²) in [6, 6.07) is 10.3. The van der Waals surface area contributed by atoms with Crippen LogP contribution in [0.4, 0.5) is 19.0 Å². The summed E-state index contributed by atoms with van der Waals surface area (Å²) in [5.74, 6) is 0.683. The molecule has 1 aromatic carbocycles. The molecule has 0 bridgehead atoms.